The molecule has 0 fully saturated rings. The molecular weight excluding hydrogens is 305 g/mol. The van der Waals surface area contributed by atoms with E-state index in [1.807, 2.05) is 24.3 Å². The molecule has 2 aromatic rings. The highest BCUT2D eigenvalue weighted by atomic mass is 79.9. The first-order valence-electron chi connectivity index (χ1n) is 4.80. The van der Waals surface area contributed by atoms with Crippen LogP contribution in [0, 0.1) is 0 Å². The number of ether oxygens (including phenoxy) is 1. The van der Waals surface area contributed by atoms with Gasteiger partial charge >= 0.3 is 0 Å². The highest BCUT2D eigenvalue weighted by molar-refractivity contribution is 9.10. The number of nitrogens with zero attached hydrogens (tertiary/aromatic N) is 2. The zero-order valence-electron chi connectivity index (χ0n) is 8.73. The maximum atomic E-state index is 5.67. The van der Waals surface area contributed by atoms with Crippen LogP contribution in [0.2, 0.25) is 5.28 Å². The van der Waals surface area contributed by atoms with Gasteiger partial charge in [-0.25, -0.2) is 4.98 Å². The zero-order chi connectivity index (χ0) is 12.3. The summed E-state index contributed by atoms with van der Waals surface area (Å²) in [5.74, 6) is 0.296. The van der Waals surface area contributed by atoms with E-state index in [0.29, 0.717) is 18.2 Å². The number of hydrogen-bond acceptors (Lipinski definition) is 4. The van der Waals surface area contributed by atoms with Crippen LogP contribution in [0.1, 0.15) is 5.56 Å². The van der Waals surface area contributed by atoms with E-state index in [0.717, 1.165) is 10.0 Å². The average Bonchev–Trinajstić information content (AvgIpc) is 2.30. The Morgan fingerprint density at radius 3 is 3.00 bits per heavy atom. The van der Waals surface area contributed by atoms with Crippen LogP contribution in [0.5, 0.6) is 5.88 Å². The van der Waals surface area contributed by atoms with Gasteiger partial charge in [0.25, 0.3) is 0 Å². The van der Waals surface area contributed by atoms with Gasteiger partial charge < -0.3 is 10.5 Å². The zero-order valence-corrected chi connectivity index (χ0v) is 11.1. The van der Waals surface area contributed by atoms with E-state index in [1.165, 1.54) is 6.20 Å². The fourth-order valence-corrected chi connectivity index (χ4v) is 1.82. The van der Waals surface area contributed by atoms with Crippen molar-refractivity contribution in [1.82, 2.24) is 9.97 Å². The molecule has 1 aromatic heterocycles. The number of nitrogens with two attached hydrogens (primary N) is 1. The normalized spacial score (nSPS) is 10.2. The molecule has 0 bridgehead atoms. The average molecular weight is 315 g/mol. The Labute approximate surface area is 112 Å². The van der Waals surface area contributed by atoms with Crippen molar-refractivity contribution in [2.24, 2.45) is 0 Å². The predicted octanol–water partition coefficient (Wildman–Crippen LogP) is 3.05. The second-order valence-electron chi connectivity index (χ2n) is 3.32. The maximum Gasteiger partial charge on any atom is 0.241 e. The van der Waals surface area contributed by atoms with Crippen LogP contribution >= 0.6 is 27.5 Å². The third kappa shape index (κ3) is 3.31. The Kier molecular flexibility index (Phi) is 3.81. The summed E-state index contributed by atoms with van der Waals surface area (Å²) < 4.78 is 6.47. The number of anilines is 1. The van der Waals surface area contributed by atoms with Gasteiger partial charge in [0.15, 0.2) is 0 Å². The molecule has 0 aliphatic rings. The van der Waals surface area contributed by atoms with Crippen LogP contribution in [0.4, 0.5) is 5.69 Å². The van der Waals surface area contributed by atoms with Gasteiger partial charge in [-0.1, -0.05) is 28.1 Å². The van der Waals surface area contributed by atoms with Gasteiger partial charge in [-0.3, -0.25) is 0 Å². The van der Waals surface area contributed by atoms with Crippen molar-refractivity contribution in [1.29, 1.82) is 0 Å². The highest BCUT2D eigenvalue weighted by Crippen LogP contribution is 2.20. The number of benzene rings is 1. The Morgan fingerprint density at radius 1 is 1.41 bits per heavy atom. The third-order valence-electron chi connectivity index (χ3n) is 2.02. The summed E-state index contributed by atoms with van der Waals surface area (Å²) in [7, 11) is 0. The second-order valence-corrected chi connectivity index (χ2v) is 4.57. The van der Waals surface area contributed by atoms with Crippen molar-refractivity contribution >= 4 is 33.2 Å². The molecule has 1 heterocycles. The molecule has 4 nitrogen and oxygen atoms in total. The maximum absolute atomic E-state index is 5.67. The number of hydrogen-bond donors (Lipinski definition) is 1. The van der Waals surface area contributed by atoms with Crippen molar-refractivity contribution in [3.63, 3.8) is 0 Å². The Bertz CT molecular complexity index is 536. The van der Waals surface area contributed by atoms with E-state index < -0.39 is 0 Å². The molecule has 0 saturated heterocycles. The summed E-state index contributed by atoms with van der Waals surface area (Å²) in [6, 6.07) is 7.78. The molecule has 0 radical (unpaired) electrons. The smallest absolute Gasteiger partial charge is 0.241 e. The van der Waals surface area contributed by atoms with Crippen molar-refractivity contribution in [2.75, 3.05) is 5.73 Å². The molecule has 0 unspecified atom stereocenters. The van der Waals surface area contributed by atoms with Gasteiger partial charge in [-0.2, -0.15) is 4.98 Å². The summed E-state index contributed by atoms with van der Waals surface area (Å²) in [5.41, 5.74) is 7.04. The van der Waals surface area contributed by atoms with Crippen LogP contribution in [0.25, 0.3) is 0 Å². The molecule has 17 heavy (non-hydrogen) atoms. The van der Waals surface area contributed by atoms with Gasteiger partial charge in [0.1, 0.15) is 12.3 Å². The minimum atomic E-state index is 0.114. The topological polar surface area (TPSA) is 61.0 Å². The van der Waals surface area contributed by atoms with E-state index in [1.54, 1.807) is 0 Å². The summed E-state index contributed by atoms with van der Waals surface area (Å²) >= 11 is 9.05. The highest BCUT2D eigenvalue weighted by Gasteiger charge is 2.04. The molecule has 1 aromatic carbocycles. The Balaban J connectivity index is 2.09. The van der Waals surface area contributed by atoms with Crippen molar-refractivity contribution in [3.8, 4) is 5.88 Å². The first kappa shape index (κ1) is 12.1. The molecule has 0 atom stereocenters. The lowest BCUT2D eigenvalue weighted by Gasteiger charge is -2.07. The van der Waals surface area contributed by atoms with Gasteiger partial charge in [0, 0.05) is 4.47 Å². The minimum Gasteiger partial charge on any atom is -0.471 e. The van der Waals surface area contributed by atoms with Crippen molar-refractivity contribution < 1.29 is 4.74 Å². The quantitative estimate of drug-likeness (QED) is 0.885. The van der Waals surface area contributed by atoms with Gasteiger partial charge in [-0.15, -0.1) is 0 Å². The lowest BCUT2D eigenvalue weighted by atomic mass is 10.2. The summed E-state index contributed by atoms with van der Waals surface area (Å²) in [4.78, 5) is 7.66. The molecular formula is C11H9BrClN3O. The second kappa shape index (κ2) is 5.33. The number of halogens is 2. The molecule has 0 aliphatic heterocycles. The standard InChI is InChI=1S/C11H9BrClN3O/c12-8-3-1-2-7(4-8)6-17-10-9(14)5-15-11(13)16-10/h1-5H,6,14H2. The molecule has 0 aliphatic carbocycles. The Morgan fingerprint density at radius 2 is 2.24 bits per heavy atom. The van der Waals surface area contributed by atoms with Crippen LogP contribution in [-0.4, -0.2) is 9.97 Å². The van der Waals surface area contributed by atoms with E-state index >= 15 is 0 Å². The largest absolute Gasteiger partial charge is 0.471 e. The first-order chi connectivity index (χ1) is 8.15. The molecule has 2 N–H and O–H groups in total. The van der Waals surface area contributed by atoms with E-state index in [9.17, 15) is 0 Å². The van der Waals surface area contributed by atoms with Crippen LogP contribution < -0.4 is 10.5 Å². The number of aromatic nitrogens is 2. The Hall–Kier alpha value is -1.33. The van der Waals surface area contributed by atoms with Gasteiger partial charge in [0.05, 0.1) is 6.20 Å². The van der Waals surface area contributed by atoms with Gasteiger partial charge in [0.2, 0.25) is 11.2 Å². The molecule has 88 valence electrons. The third-order valence-corrected chi connectivity index (χ3v) is 2.69. The first-order valence-corrected chi connectivity index (χ1v) is 5.97. The van der Waals surface area contributed by atoms with Crippen LogP contribution in [-0.2, 0) is 6.61 Å². The molecule has 0 saturated carbocycles. The van der Waals surface area contributed by atoms with Crippen LogP contribution in [0.3, 0.4) is 0 Å². The summed E-state index contributed by atoms with van der Waals surface area (Å²) in [6.07, 6.45) is 1.42. The van der Waals surface area contributed by atoms with Crippen LogP contribution in [0.15, 0.2) is 34.9 Å². The lowest BCUT2D eigenvalue weighted by molar-refractivity contribution is 0.295. The minimum absolute atomic E-state index is 0.114. The molecule has 2 rings (SSSR count). The van der Waals surface area contributed by atoms with E-state index in [-0.39, 0.29) is 5.28 Å². The molecule has 0 spiro atoms. The lowest BCUT2D eigenvalue weighted by Crippen LogP contribution is -2.02. The van der Waals surface area contributed by atoms with E-state index in [4.69, 9.17) is 22.1 Å². The number of nitrogen functional groups attached to an aromatic ring is 1. The monoisotopic (exact) mass is 313 g/mol. The fraction of sp³-hybridized carbons (Fsp3) is 0.0909. The van der Waals surface area contributed by atoms with E-state index in [2.05, 4.69) is 25.9 Å². The number of rotatable bonds is 3. The van der Waals surface area contributed by atoms with Crippen molar-refractivity contribution in [3.05, 3.63) is 45.8 Å². The summed E-state index contributed by atoms with van der Waals surface area (Å²) in [5, 5.41) is 0.114. The fourth-order valence-electron chi connectivity index (χ4n) is 1.25. The molecule has 0 amide bonds. The van der Waals surface area contributed by atoms with Gasteiger partial charge in [-0.05, 0) is 29.3 Å². The SMILES string of the molecule is Nc1cnc(Cl)nc1OCc1cccc(Br)c1. The summed E-state index contributed by atoms with van der Waals surface area (Å²) in [6.45, 7) is 0.372. The predicted molar refractivity (Wildman–Crippen MR) is 69.9 cm³/mol. The van der Waals surface area contributed by atoms with Crippen molar-refractivity contribution in [2.45, 2.75) is 6.61 Å². The molecule has 6 heteroatoms.